The van der Waals surface area contributed by atoms with Gasteiger partial charge >= 0.3 is 0 Å². The molecule has 0 unspecified atom stereocenters. The maximum atomic E-state index is 12.5. The lowest BCUT2D eigenvalue weighted by Gasteiger charge is -2.30. The molecule has 0 radical (unpaired) electrons. The van der Waals surface area contributed by atoms with Gasteiger partial charge in [-0.2, -0.15) is 0 Å². The number of nitrogens with zero attached hydrogens (tertiary/aromatic N) is 2. The van der Waals surface area contributed by atoms with Gasteiger partial charge in [-0.1, -0.05) is 36.4 Å². The van der Waals surface area contributed by atoms with E-state index in [4.69, 9.17) is 5.73 Å². The molecule has 23 heavy (non-hydrogen) atoms. The van der Waals surface area contributed by atoms with Crippen LogP contribution in [0, 0.1) is 5.92 Å². The molecule has 2 heterocycles. The molecule has 1 aromatic heterocycles. The number of rotatable bonds is 3. The van der Waals surface area contributed by atoms with Gasteiger partial charge in [-0.05, 0) is 24.5 Å². The van der Waals surface area contributed by atoms with Crippen molar-refractivity contribution in [3.8, 4) is 11.1 Å². The van der Waals surface area contributed by atoms with Crippen molar-refractivity contribution in [1.82, 2.24) is 9.88 Å². The van der Waals surface area contributed by atoms with E-state index in [0.29, 0.717) is 31.6 Å². The Bertz CT molecular complexity index is 690. The third-order valence-electron chi connectivity index (χ3n) is 4.27. The number of pyridine rings is 1. The molecule has 2 aromatic rings. The zero-order valence-corrected chi connectivity index (χ0v) is 12.8. The summed E-state index contributed by atoms with van der Waals surface area (Å²) >= 11 is 0. The maximum Gasteiger partial charge on any atom is 0.272 e. The summed E-state index contributed by atoms with van der Waals surface area (Å²) in [6.45, 7) is 1.10. The van der Waals surface area contributed by atoms with Gasteiger partial charge < -0.3 is 10.6 Å². The molecule has 1 aliphatic heterocycles. The normalized spacial score (nSPS) is 15.4. The molecule has 0 bridgehead atoms. The maximum absolute atomic E-state index is 12.5. The van der Waals surface area contributed by atoms with Crippen LogP contribution in [-0.4, -0.2) is 34.8 Å². The number of carbonyl (C=O) groups is 2. The van der Waals surface area contributed by atoms with Crippen molar-refractivity contribution in [2.75, 3.05) is 13.1 Å². The van der Waals surface area contributed by atoms with Crippen molar-refractivity contribution in [3.63, 3.8) is 0 Å². The number of aromatic nitrogens is 1. The Morgan fingerprint density at radius 2 is 1.70 bits per heavy atom. The highest BCUT2D eigenvalue weighted by atomic mass is 16.2. The Labute approximate surface area is 135 Å². The first-order valence-corrected chi connectivity index (χ1v) is 7.75. The van der Waals surface area contributed by atoms with Crippen LogP contribution in [0.4, 0.5) is 0 Å². The number of piperidine rings is 1. The van der Waals surface area contributed by atoms with E-state index in [1.165, 1.54) is 0 Å². The predicted octanol–water partition coefficient (Wildman–Crippen LogP) is 2.09. The molecule has 1 fully saturated rings. The fourth-order valence-corrected chi connectivity index (χ4v) is 2.85. The van der Waals surface area contributed by atoms with Crippen LogP contribution in [0.2, 0.25) is 0 Å². The molecule has 5 nitrogen and oxygen atoms in total. The molecular formula is C18H19N3O2. The van der Waals surface area contributed by atoms with E-state index in [9.17, 15) is 9.59 Å². The predicted molar refractivity (Wildman–Crippen MR) is 87.5 cm³/mol. The minimum Gasteiger partial charge on any atom is -0.369 e. The smallest absolute Gasteiger partial charge is 0.272 e. The molecule has 5 heteroatoms. The lowest BCUT2D eigenvalue weighted by atomic mass is 9.96. The summed E-state index contributed by atoms with van der Waals surface area (Å²) < 4.78 is 0. The summed E-state index contributed by atoms with van der Waals surface area (Å²) in [5.74, 6) is -0.484. The largest absolute Gasteiger partial charge is 0.369 e. The first-order valence-electron chi connectivity index (χ1n) is 7.75. The van der Waals surface area contributed by atoms with Gasteiger partial charge in [-0.15, -0.1) is 0 Å². The van der Waals surface area contributed by atoms with E-state index < -0.39 is 0 Å². The monoisotopic (exact) mass is 309 g/mol. The van der Waals surface area contributed by atoms with Crippen LogP contribution in [0.1, 0.15) is 23.3 Å². The summed E-state index contributed by atoms with van der Waals surface area (Å²) in [7, 11) is 0. The highest BCUT2D eigenvalue weighted by Gasteiger charge is 2.26. The van der Waals surface area contributed by atoms with E-state index in [2.05, 4.69) is 4.98 Å². The molecule has 2 amide bonds. The first-order chi connectivity index (χ1) is 11.1. The summed E-state index contributed by atoms with van der Waals surface area (Å²) in [5.41, 5.74) is 7.80. The molecule has 1 saturated heterocycles. The van der Waals surface area contributed by atoms with Gasteiger partial charge in [-0.25, -0.2) is 0 Å². The minimum absolute atomic E-state index is 0.0902. The second kappa shape index (κ2) is 6.60. The summed E-state index contributed by atoms with van der Waals surface area (Å²) in [4.78, 5) is 29.7. The summed E-state index contributed by atoms with van der Waals surface area (Å²) in [6.07, 6.45) is 2.98. The van der Waals surface area contributed by atoms with Crippen molar-refractivity contribution in [1.29, 1.82) is 0 Å². The van der Waals surface area contributed by atoms with E-state index in [0.717, 1.165) is 11.1 Å². The third kappa shape index (κ3) is 3.39. The van der Waals surface area contributed by atoms with E-state index in [1.807, 2.05) is 36.4 Å². The van der Waals surface area contributed by atoms with Gasteiger partial charge in [-0.3, -0.25) is 14.6 Å². The minimum atomic E-state index is -0.276. The van der Waals surface area contributed by atoms with Crippen molar-refractivity contribution < 1.29 is 9.59 Å². The fraction of sp³-hybridized carbons (Fsp3) is 0.278. The van der Waals surface area contributed by atoms with E-state index in [1.54, 1.807) is 17.2 Å². The average molecular weight is 309 g/mol. The molecule has 0 saturated carbocycles. The van der Waals surface area contributed by atoms with E-state index >= 15 is 0 Å². The van der Waals surface area contributed by atoms with Gasteiger partial charge in [0.2, 0.25) is 5.91 Å². The Morgan fingerprint density at radius 1 is 1.00 bits per heavy atom. The highest BCUT2D eigenvalue weighted by Crippen LogP contribution is 2.20. The van der Waals surface area contributed by atoms with Gasteiger partial charge in [0, 0.05) is 30.8 Å². The van der Waals surface area contributed by atoms with Crippen LogP contribution in [0.15, 0.2) is 48.7 Å². The van der Waals surface area contributed by atoms with Crippen LogP contribution in [0.25, 0.3) is 11.1 Å². The van der Waals surface area contributed by atoms with E-state index in [-0.39, 0.29) is 17.7 Å². The average Bonchev–Trinajstić information content (AvgIpc) is 2.62. The molecule has 0 aliphatic carbocycles. The van der Waals surface area contributed by atoms with Gasteiger partial charge in [0.25, 0.3) is 5.91 Å². The Hall–Kier alpha value is -2.69. The summed E-state index contributed by atoms with van der Waals surface area (Å²) in [5, 5.41) is 0. The third-order valence-corrected chi connectivity index (χ3v) is 4.27. The number of hydrogen-bond donors (Lipinski definition) is 1. The first kappa shape index (κ1) is 15.2. The number of hydrogen-bond acceptors (Lipinski definition) is 3. The van der Waals surface area contributed by atoms with Crippen LogP contribution >= 0.6 is 0 Å². The second-order valence-corrected chi connectivity index (χ2v) is 5.77. The molecule has 118 valence electrons. The van der Waals surface area contributed by atoms with Crippen LogP contribution in [0.5, 0.6) is 0 Å². The molecule has 3 rings (SSSR count). The Morgan fingerprint density at radius 3 is 2.26 bits per heavy atom. The molecule has 1 aliphatic rings. The highest BCUT2D eigenvalue weighted by molar-refractivity contribution is 5.92. The van der Waals surface area contributed by atoms with Gasteiger partial charge in [0.1, 0.15) is 5.69 Å². The number of primary amides is 1. The van der Waals surface area contributed by atoms with Crippen molar-refractivity contribution in [2.45, 2.75) is 12.8 Å². The van der Waals surface area contributed by atoms with Crippen LogP contribution < -0.4 is 5.73 Å². The number of amides is 2. The van der Waals surface area contributed by atoms with Gasteiger partial charge in [0.15, 0.2) is 0 Å². The Kier molecular flexibility index (Phi) is 4.37. The standard InChI is InChI=1S/C18H19N3O2/c19-17(22)14-8-10-21(11-9-14)18(23)16-7-6-15(12-20-16)13-4-2-1-3-5-13/h1-7,12,14H,8-11H2,(H2,19,22). The van der Waals surface area contributed by atoms with Crippen LogP contribution in [-0.2, 0) is 4.79 Å². The molecule has 2 N–H and O–H groups in total. The molecule has 1 aromatic carbocycles. The lowest BCUT2D eigenvalue weighted by molar-refractivity contribution is -0.123. The zero-order chi connectivity index (χ0) is 16.2. The zero-order valence-electron chi connectivity index (χ0n) is 12.8. The molecule has 0 atom stereocenters. The quantitative estimate of drug-likeness (QED) is 0.943. The number of nitrogens with two attached hydrogens (primary N) is 1. The lowest BCUT2D eigenvalue weighted by Crippen LogP contribution is -2.41. The van der Waals surface area contributed by atoms with Crippen molar-refractivity contribution in [2.24, 2.45) is 11.7 Å². The summed E-state index contributed by atoms with van der Waals surface area (Å²) in [6, 6.07) is 13.6. The van der Waals surface area contributed by atoms with Crippen molar-refractivity contribution >= 4 is 11.8 Å². The number of likely N-dealkylation sites (tertiary alicyclic amines) is 1. The second-order valence-electron chi connectivity index (χ2n) is 5.77. The van der Waals surface area contributed by atoms with Crippen molar-refractivity contribution in [3.05, 3.63) is 54.4 Å². The number of carbonyl (C=O) groups excluding carboxylic acids is 2. The fourth-order valence-electron chi connectivity index (χ4n) is 2.85. The topological polar surface area (TPSA) is 76.3 Å². The van der Waals surface area contributed by atoms with Gasteiger partial charge in [0.05, 0.1) is 0 Å². The number of benzene rings is 1. The van der Waals surface area contributed by atoms with Crippen LogP contribution in [0.3, 0.4) is 0 Å². The Balaban J connectivity index is 1.68. The SMILES string of the molecule is NC(=O)C1CCN(C(=O)c2ccc(-c3ccccc3)cn2)CC1. The molecule has 0 spiro atoms. The molecular weight excluding hydrogens is 290 g/mol.